The van der Waals surface area contributed by atoms with Crippen LogP contribution in [0.1, 0.15) is 38.3 Å². The van der Waals surface area contributed by atoms with Crippen molar-refractivity contribution in [2.75, 3.05) is 0 Å². The quantitative estimate of drug-likeness (QED) is 0.869. The summed E-state index contributed by atoms with van der Waals surface area (Å²) in [4.78, 5) is 11.6. The lowest BCUT2D eigenvalue weighted by molar-refractivity contribution is 0.0522. The van der Waals surface area contributed by atoms with Gasteiger partial charge in [0.2, 0.25) is 0 Å². The lowest BCUT2D eigenvalue weighted by Crippen LogP contribution is -2.36. The van der Waals surface area contributed by atoms with Crippen LogP contribution in [0.15, 0.2) is 22.7 Å². The van der Waals surface area contributed by atoms with Crippen molar-refractivity contribution in [1.29, 1.82) is 0 Å². The van der Waals surface area contributed by atoms with Gasteiger partial charge in [-0.2, -0.15) is 0 Å². The number of amides is 1. The zero-order valence-electron chi connectivity index (χ0n) is 13.0. The molecule has 1 aliphatic carbocycles. The Bertz CT molecular complexity index is 525. The van der Waals surface area contributed by atoms with Crippen LogP contribution in [0, 0.1) is 6.92 Å². The van der Waals surface area contributed by atoms with E-state index in [0.717, 1.165) is 17.4 Å². The second kappa shape index (κ2) is 6.36. The highest BCUT2D eigenvalue weighted by Crippen LogP contribution is 2.23. The second-order valence-corrected chi connectivity index (χ2v) is 7.41. The topological polar surface area (TPSA) is 50.4 Å². The van der Waals surface area contributed by atoms with Crippen molar-refractivity contribution >= 4 is 22.0 Å². The maximum absolute atomic E-state index is 11.6. The number of carbonyl (C=O) groups excluding carboxylic acids is 1. The van der Waals surface area contributed by atoms with Gasteiger partial charge in [0.05, 0.1) is 0 Å². The lowest BCUT2D eigenvalue weighted by atomic mass is 10.1. The van der Waals surface area contributed by atoms with Gasteiger partial charge in [-0.3, -0.25) is 0 Å². The van der Waals surface area contributed by atoms with Crippen LogP contribution in [-0.2, 0) is 11.3 Å². The Balaban J connectivity index is 1.72. The van der Waals surface area contributed by atoms with Crippen LogP contribution < -0.4 is 10.6 Å². The fourth-order valence-corrected chi connectivity index (χ4v) is 2.35. The van der Waals surface area contributed by atoms with E-state index in [-0.39, 0.29) is 12.1 Å². The molecule has 2 atom stereocenters. The average molecular weight is 355 g/mol. The van der Waals surface area contributed by atoms with E-state index in [1.54, 1.807) is 0 Å². The number of rotatable bonds is 4. The molecule has 116 valence electrons. The summed E-state index contributed by atoms with van der Waals surface area (Å²) in [6.07, 6.45) is 0.616. The van der Waals surface area contributed by atoms with E-state index < -0.39 is 5.60 Å². The smallest absolute Gasteiger partial charge is 0.407 e. The zero-order valence-corrected chi connectivity index (χ0v) is 14.6. The van der Waals surface area contributed by atoms with Crippen molar-refractivity contribution in [3.05, 3.63) is 33.8 Å². The molecule has 21 heavy (non-hydrogen) atoms. The van der Waals surface area contributed by atoms with Crippen LogP contribution >= 0.6 is 15.9 Å². The molecule has 0 heterocycles. The summed E-state index contributed by atoms with van der Waals surface area (Å²) in [5, 5.41) is 6.34. The second-order valence-electron chi connectivity index (χ2n) is 6.56. The van der Waals surface area contributed by atoms with E-state index in [0.29, 0.717) is 6.04 Å². The summed E-state index contributed by atoms with van der Waals surface area (Å²) in [7, 11) is 0. The van der Waals surface area contributed by atoms with E-state index in [1.807, 2.05) is 20.8 Å². The molecule has 0 spiro atoms. The van der Waals surface area contributed by atoms with Crippen LogP contribution in [-0.4, -0.2) is 23.8 Å². The molecule has 1 aliphatic rings. The molecule has 1 saturated carbocycles. The van der Waals surface area contributed by atoms with E-state index in [2.05, 4.69) is 51.7 Å². The van der Waals surface area contributed by atoms with Gasteiger partial charge in [0.15, 0.2) is 0 Å². The van der Waals surface area contributed by atoms with Crippen molar-refractivity contribution in [3.63, 3.8) is 0 Å². The molecule has 0 aliphatic heterocycles. The number of halogens is 1. The van der Waals surface area contributed by atoms with Gasteiger partial charge >= 0.3 is 6.09 Å². The standard InChI is InChI=1S/C16H23BrN2O2/c1-10-7-11(5-6-12(10)17)9-18-13-8-14(13)19-15(20)21-16(2,3)4/h5-7,13-14,18H,8-9H2,1-4H3,(H,19,20). The Hall–Kier alpha value is -1.07. The first-order valence-corrected chi connectivity index (χ1v) is 8.02. The van der Waals surface area contributed by atoms with Gasteiger partial charge in [0.25, 0.3) is 0 Å². The van der Waals surface area contributed by atoms with Gasteiger partial charge < -0.3 is 15.4 Å². The van der Waals surface area contributed by atoms with Crippen LogP contribution in [0.4, 0.5) is 4.79 Å². The summed E-state index contributed by atoms with van der Waals surface area (Å²) in [6, 6.07) is 6.84. The Morgan fingerprint density at radius 3 is 2.71 bits per heavy atom. The molecule has 1 aromatic carbocycles. The largest absolute Gasteiger partial charge is 0.444 e. The molecular formula is C16H23BrN2O2. The van der Waals surface area contributed by atoms with Gasteiger partial charge in [0, 0.05) is 23.1 Å². The number of nitrogens with one attached hydrogen (secondary N) is 2. The van der Waals surface area contributed by atoms with Gasteiger partial charge in [-0.05, 0) is 51.3 Å². The maximum atomic E-state index is 11.6. The molecule has 0 radical (unpaired) electrons. The molecule has 1 aromatic rings. The maximum Gasteiger partial charge on any atom is 0.407 e. The summed E-state index contributed by atoms with van der Waals surface area (Å²) in [5.41, 5.74) is 2.03. The molecule has 1 fully saturated rings. The Labute approximate surface area is 134 Å². The lowest BCUT2D eigenvalue weighted by Gasteiger charge is -2.19. The SMILES string of the molecule is Cc1cc(CNC2CC2NC(=O)OC(C)(C)C)ccc1Br. The number of alkyl carbamates (subject to hydrolysis) is 1. The third-order valence-corrected chi connectivity index (χ3v) is 4.17. The number of aryl methyl sites for hydroxylation is 1. The minimum absolute atomic E-state index is 0.177. The number of benzene rings is 1. The molecule has 0 bridgehead atoms. The van der Waals surface area contributed by atoms with Gasteiger partial charge in [0.1, 0.15) is 5.60 Å². The van der Waals surface area contributed by atoms with Gasteiger partial charge in [-0.1, -0.05) is 28.1 Å². The summed E-state index contributed by atoms with van der Waals surface area (Å²) in [6.45, 7) is 8.49. The van der Waals surface area contributed by atoms with Crippen molar-refractivity contribution in [3.8, 4) is 0 Å². The van der Waals surface area contributed by atoms with E-state index in [9.17, 15) is 4.79 Å². The zero-order chi connectivity index (χ0) is 15.6. The number of hydrogen-bond donors (Lipinski definition) is 2. The highest BCUT2D eigenvalue weighted by Gasteiger charge is 2.38. The normalized spacial score (nSPS) is 21.0. The Morgan fingerprint density at radius 1 is 1.38 bits per heavy atom. The van der Waals surface area contributed by atoms with Crippen LogP contribution in [0.2, 0.25) is 0 Å². The van der Waals surface area contributed by atoms with Crippen LogP contribution in [0.3, 0.4) is 0 Å². The number of carbonyl (C=O) groups is 1. The minimum Gasteiger partial charge on any atom is -0.444 e. The molecule has 2 rings (SSSR count). The first kappa shape index (κ1) is 16.3. The van der Waals surface area contributed by atoms with Crippen LogP contribution in [0.25, 0.3) is 0 Å². The molecule has 0 saturated heterocycles. The number of hydrogen-bond acceptors (Lipinski definition) is 3. The highest BCUT2D eigenvalue weighted by atomic mass is 79.9. The molecule has 1 amide bonds. The molecule has 0 aromatic heterocycles. The molecule has 5 heteroatoms. The van der Waals surface area contributed by atoms with Gasteiger partial charge in [-0.15, -0.1) is 0 Å². The first-order valence-electron chi connectivity index (χ1n) is 7.22. The molecule has 4 nitrogen and oxygen atoms in total. The highest BCUT2D eigenvalue weighted by molar-refractivity contribution is 9.10. The predicted octanol–water partition coefficient (Wildman–Crippen LogP) is 3.51. The summed E-state index contributed by atoms with van der Waals surface area (Å²) >= 11 is 3.50. The molecule has 2 unspecified atom stereocenters. The third-order valence-electron chi connectivity index (χ3n) is 3.28. The van der Waals surface area contributed by atoms with Crippen LogP contribution in [0.5, 0.6) is 0 Å². The minimum atomic E-state index is -0.448. The monoisotopic (exact) mass is 354 g/mol. The van der Waals surface area contributed by atoms with E-state index in [1.165, 1.54) is 11.1 Å². The molecular weight excluding hydrogens is 332 g/mol. The first-order chi connectivity index (χ1) is 9.74. The van der Waals surface area contributed by atoms with E-state index >= 15 is 0 Å². The predicted molar refractivity (Wildman–Crippen MR) is 87.3 cm³/mol. The van der Waals surface area contributed by atoms with E-state index in [4.69, 9.17) is 4.74 Å². The Kier molecular flexibility index (Phi) is 4.94. The number of ether oxygens (including phenoxy) is 1. The van der Waals surface area contributed by atoms with Crippen molar-refractivity contribution in [1.82, 2.24) is 10.6 Å². The summed E-state index contributed by atoms with van der Waals surface area (Å²) in [5.74, 6) is 0. The fraction of sp³-hybridized carbons (Fsp3) is 0.562. The Morgan fingerprint density at radius 2 is 2.10 bits per heavy atom. The fourth-order valence-electron chi connectivity index (χ4n) is 2.10. The average Bonchev–Trinajstić information content (AvgIpc) is 3.06. The van der Waals surface area contributed by atoms with Gasteiger partial charge in [-0.25, -0.2) is 4.79 Å². The van der Waals surface area contributed by atoms with Crippen molar-refractivity contribution in [2.45, 2.75) is 58.3 Å². The molecule has 2 N–H and O–H groups in total. The van der Waals surface area contributed by atoms with Crippen molar-refractivity contribution in [2.24, 2.45) is 0 Å². The third kappa shape index (κ3) is 5.32. The summed E-state index contributed by atoms with van der Waals surface area (Å²) < 4.78 is 6.37. The van der Waals surface area contributed by atoms with Crippen molar-refractivity contribution < 1.29 is 9.53 Å².